The standard InChI is InChI=1S/C26H24N2O3.H2/c1-27(15-22-8-5-11-31-22)26(29)17-28-16-24(23-14-21(30-2)9-10-25(23)28)20-12-18-6-3-4-7-19(18)13-20;/h3-12,14,16H,13,15,17H2,1-2H3;1H. The Morgan fingerprint density at radius 1 is 1.19 bits per heavy atom. The summed E-state index contributed by atoms with van der Waals surface area (Å²) in [6, 6.07) is 18.2. The number of hydrogen-bond donors (Lipinski definition) is 0. The lowest BCUT2D eigenvalue weighted by molar-refractivity contribution is -0.131. The first kappa shape index (κ1) is 19.2. The number of rotatable bonds is 6. The number of furan rings is 1. The van der Waals surface area contributed by atoms with Crippen LogP contribution in [0.3, 0.4) is 0 Å². The predicted octanol–water partition coefficient (Wildman–Crippen LogP) is 5.24. The molecule has 1 amide bonds. The Morgan fingerprint density at radius 2 is 2.06 bits per heavy atom. The van der Waals surface area contributed by atoms with Gasteiger partial charge in [-0.25, -0.2) is 0 Å². The van der Waals surface area contributed by atoms with Crippen LogP contribution in [0.2, 0.25) is 0 Å². The number of hydrogen-bond acceptors (Lipinski definition) is 3. The first-order valence-corrected chi connectivity index (χ1v) is 10.3. The van der Waals surface area contributed by atoms with Crippen LogP contribution in [0.1, 0.15) is 23.9 Å². The van der Waals surface area contributed by atoms with E-state index in [1.807, 2.05) is 28.8 Å². The SMILES string of the molecule is COc1ccc2c(c1)c(C1=Cc3ccccc3C1)cn2CC(=O)N(C)Cc1ccco1.[HH]. The van der Waals surface area contributed by atoms with Gasteiger partial charge >= 0.3 is 0 Å². The van der Waals surface area contributed by atoms with Crippen molar-refractivity contribution in [3.63, 3.8) is 0 Å². The maximum absolute atomic E-state index is 12.9. The lowest BCUT2D eigenvalue weighted by atomic mass is 10.0. The van der Waals surface area contributed by atoms with Gasteiger partial charge in [-0.2, -0.15) is 0 Å². The Labute approximate surface area is 182 Å². The number of amides is 1. The van der Waals surface area contributed by atoms with E-state index in [2.05, 4.69) is 42.6 Å². The molecule has 0 saturated carbocycles. The maximum atomic E-state index is 12.9. The molecule has 2 aromatic heterocycles. The number of allylic oxidation sites excluding steroid dienone is 1. The topological polar surface area (TPSA) is 47.6 Å². The van der Waals surface area contributed by atoms with E-state index in [0.717, 1.165) is 34.4 Å². The lowest BCUT2D eigenvalue weighted by Crippen LogP contribution is -2.29. The van der Waals surface area contributed by atoms with Gasteiger partial charge in [0.1, 0.15) is 18.1 Å². The molecule has 0 bridgehead atoms. The second-order valence-electron chi connectivity index (χ2n) is 7.93. The van der Waals surface area contributed by atoms with E-state index in [1.54, 1.807) is 25.3 Å². The van der Waals surface area contributed by atoms with Crippen LogP contribution in [0.4, 0.5) is 0 Å². The molecule has 5 heteroatoms. The molecular weight excluding hydrogens is 388 g/mol. The first-order valence-electron chi connectivity index (χ1n) is 10.3. The van der Waals surface area contributed by atoms with Crippen molar-refractivity contribution >= 4 is 28.5 Å². The van der Waals surface area contributed by atoms with E-state index < -0.39 is 0 Å². The number of ether oxygens (including phenoxy) is 1. The number of aromatic nitrogens is 1. The molecule has 0 unspecified atom stereocenters. The number of carbonyl (C=O) groups excluding carboxylic acids is 1. The summed E-state index contributed by atoms with van der Waals surface area (Å²) in [7, 11) is 3.48. The van der Waals surface area contributed by atoms with Gasteiger partial charge in [0.2, 0.25) is 5.91 Å². The molecule has 0 spiro atoms. The molecular formula is C26H26N2O3. The van der Waals surface area contributed by atoms with Gasteiger partial charge in [-0.15, -0.1) is 0 Å². The largest absolute Gasteiger partial charge is 0.497 e. The molecule has 5 nitrogen and oxygen atoms in total. The van der Waals surface area contributed by atoms with Gasteiger partial charge in [0, 0.05) is 31.1 Å². The fourth-order valence-corrected chi connectivity index (χ4v) is 4.23. The third-order valence-corrected chi connectivity index (χ3v) is 5.90. The van der Waals surface area contributed by atoms with Crippen molar-refractivity contribution in [1.29, 1.82) is 0 Å². The van der Waals surface area contributed by atoms with Gasteiger partial charge in [-0.1, -0.05) is 30.3 Å². The van der Waals surface area contributed by atoms with Gasteiger partial charge in [-0.05, 0) is 53.5 Å². The van der Waals surface area contributed by atoms with Crippen molar-refractivity contribution in [2.24, 2.45) is 0 Å². The quantitative estimate of drug-likeness (QED) is 0.433. The number of likely N-dealkylation sites (N-methyl/N-ethyl adjacent to an activating group) is 1. The van der Waals surface area contributed by atoms with Crippen LogP contribution < -0.4 is 4.74 Å². The first-order chi connectivity index (χ1) is 15.1. The molecule has 2 heterocycles. The fourth-order valence-electron chi connectivity index (χ4n) is 4.23. The zero-order chi connectivity index (χ0) is 21.4. The minimum Gasteiger partial charge on any atom is -0.497 e. The number of methoxy groups -OCH3 is 1. The molecule has 0 atom stereocenters. The smallest absolute Gasteiger partial charge is 0.242 e. The molecule has 0 aliphatic heterocycles. The predicted molar refractivity (Wildman–Crippen MR) is 124 cm³/mol. The van der Waals surface area contributed by atoms with E-state index in [0.29, 0.717) is 6.54 Å². The Hall–Kier alpha value is -3.73. The average Bonchev–Trinajstić information content (AvgIpc) is 3.51. The zero-order valence-corrected chi connectivity index (χ0v) is 17.7. The highest BCUT2D eigenvalue weighted by Crippen LogP contribution is 2.37. The third-order valence-electron chi connectivity index (χ3n) is 5.90. The van der Waals surface area contributed by atoms with E-state index in [4.69, 9.17) is 9.15 Å². The summed E-state index contributed by atoms with van der Waals surface area (Å²) in [4.78, 5) is 14.6. The fraction of sp³-hybridized carbons (Fsp3) is 0.192. The summed E-state index contributed by atoms with van der Waals surface area (Å²) in [5.41, 5.74) is 6.01. The number of carbonyl (C=O) groups is 1. The summed E-state index contributed by atoms with van der Waals surface area (Å²) in [5, 5.41) is 1.10. The van der Waals surface area contributed by atoms with Crippen molar-refractivity contribution < 1.29 is 15.4 Å². The number of fused-ring (bicyclic) bond motifs is 2. The van der Waals surface area contributed by atoms with Crippen molar-refractivity contribution in [2.45, 2.75) is 19.5 Å². The van der Waals surface area contributed by atoms with Gasteiger partial charge in [0.05, 0.1) is 19.9 Å². The Morgan fingerprint density at radius 3 is 2.84 bits per heavy atom. The molecule has 4 aromatic rings. The van der Waals surface area contributed by atoms with Gasteiger partial charge < -0.3 is 18.6 Å². The van der Waals surface area contributed by atoms with Crippen LogP contribution >= 0.6 is 0 Å². The summed E-state index contributed by atoms with van der Waals surface area (Å²) in [6.45, 7) is 0.715. The van der Waals surface area contributed by atoms with E-state index in [-0.39, 0.29) is 13.9 Å². The molecule has 1 aliphatic carbocycles. The molecule has 158 valence electrons. The monoisotopic (exact) mass is 414 g/mol. The normalized spacial score (nSPS) is 12.6. The molecule has 2 aromatic carbocycles. The molecule has 0 N–H and O–H groups in total. The number of nitrogens with zero attached hydrogens (tertiary/aromatic N) is 2. The van der Waals surface area contributed by atoms with E-state index in [1.165, 1.54) is 16.7 Å². The van der Waals surface area contributed by atoms with Crippen LogP contribution in [0.25, 0.3) is 22.6 Å². The maximum Gasteiger partial charge on any atom is 0.242 e. The van der Waals surface area contributed by atoms with Gasteiger partial charge in [0.15, 0.2) is 0 Å². The highest BCUT2D eigenvalue weighted by Gasteiger charge is 2.20. The summed E-state index contributed by atoms with van der Waals surface area (Å²) < 4.78 is 12.9. The molecule has 0 saturated heterocycles. The molecule has 0 fully saturated rings. The van der Waals surface area contributed by atoms with Crippen molar-refractivity contribution in [3.8, 4) is 5.75 Å². The minimum absolute atomic E-state index is 0. The summed E-state index contributed by atoms with van der Waals surface area (Å²) in [5.74, 6) is 1.61. The van der Waals surface area contributed by atoms with Gasteiger partial charge in [-0.3, -0.25) is 4.79 Å². The van der Waals surface area contributed by atoms with Crippen LogP contribution in [0.15, 0.2) is 71.5 Å². The molecule has 31 heavy (non-hydrogen) atoms. The lowest BCUT2D eigenvalue weighted by Gasteiger charge is -2.16. The van der Waals surface area contributed by atoms with Crippen molar-refractivity contribution in [3.05, 3.63) is 89.5 Å². The highest BCUT2D eigenvalue weighted by molar-refractivity contribution is 6.01. The summed E-state index contributed by atoms with van der Waals surface area (Å²) >= 11 is 0. The van der Waals surface area contributed by atoms with Crippen molar-refractivity contribution in [1.82, 2.24) is 9.47 Å². The molecule has 0 radical (unpaired) electrons. The van der Waals surface area contributed by atoms with Crippen molar-refractivity contribution in [2.75, 3.05) is 14.2 Å². The zero-order valence-electron chi connectivity index (χ0n) is 17.7. The van der Waals surface area contributed by atoms with E-state index >= 15 is 0 Å². The third kappa shape index (κ3) is 3.63. The molecule has 1 aliphatic rings. The van der Waals surface area contributed by atoms with Crippen LogP contribution in [-0.2, 0) is 24.3 Å². The highest BCUT2D eigenvalue weighted by atomic mass is 16.5. The van der Waals surface area contributed by atoms with Gasteiger partial charge in [0.25, 0.3) is 0 Å². The Bertz CT molecular complexity index is 1290. The van der Waals surface area contributed by atoms with E-state index in [9.17, 15) is 4.79 Å². The van der Waals surface area contributed by atoms with Crippen LogP contribution in [-0.4, -0.2) is 29.5 Å². The molecule has 5 rings (SSSR count). The summed E-state index contributed by atoms with van der Waals surface area (Å²) in [6.07, 6.45) is 6.86. The second-order valence-corrected chi connectivity index (χ2v) is 7.93. The number of benzene rings is 2. The van der Waals surface area contributed by atoms with Crippen LogP contribution in [0, 0.1) is 0 Å². The Kier molecular flexibility index (Phi) is 4.86. The van der Waals surface area contributed by atoms with Crippen LogP contribution in [0.5, 0.6) is 5.75 Å². The average molecular weight is 415 g/mol. The Balaban J connectivity index is 0.00000245. The second kappa shape index (κ2) is 7.84. The minimum atomic E-state index is 0.